The van der Waals surface area contributed by atoms with Gasteiger partial charge in [0.25, 0.3) is 0 Å². The van der Waals surface area contributed by atoms with E-state index in [1.807, 2.05) is 66.7 Å². The molecule has 4 aromatic rings. The fourth-order valence-corrected chi connectivity index (χ4v) is 19.1. The third kappa shape index (κ3) is 17.7. The van der Waals surface area contributed by atoms with E-state index >= 15 is 8.42 Å². The van der Waals surface area contributed by atoms with Gasteiger partial charge in [-0.25, -0.2) is 0 Å². The smallest absolute Gasteiger partial charge is 0.0654 e. The summed E-state index contributed by atoms with van der Waals surface area (Å²) in [6, 6.07) is 36.7. The number of rotatable bonds is 39. The standard InChI is InChI=1S/C60H93O3PS/c1-4-7-9-11-13-15-17-19-21-23-25-27-29-31-36-45-55-46-44-54-60(59(55)53-43-32-30-28-26-24-22-20-18-16-14-12-10-8-5-2)65(61,62)63-64(6-3,56-47-37-33-38-48-56,57-49-39-34-40-50-57)58-51-41-35-42-52-58/h33-35,37-42,44,46-52,54H,4-32,36,43,45,53H2,1-3H3. The molecule has 4 aromatic carbocycles. The van der Waals surface area contributed by atoms with E-state index in [4.69, 9.17) is 3.97 Å². The summed E-state index contributed by atoms with van der Waals surface area (Å²) in [6.07, 6.45) is 42.0. The van der Waals surface area contributed by atoms with Crippen molar-refractivity contribution in [2.24, 2.45) is 0 Å². The van der Waals surface area contributed by atoms with Crippen LogP contribution in [-0.2, 0) is 26.9 Å². The van der Waals surface area contributed by atoms with Crippen molar-refractivity contribution >= 4 is 32.9 Å². The first-order chi connectivity index (χ1) is 31.9. The van der Waals surface area contributed by atoms with Gasteiger partial charge in [-0.3, -0.25) is 0 Å². The monoisotopic (exact) mass is 925 g/mol. The molecule has 0 radical (unpaired) electrons. The van der Waals surface area contributed by atoms with Crippen LogP contribution < -0.4 is 15.9 Å². The Labute approximate surface area is 400 Å². The number of aryl methyl sites for hydroxylation is 1. The van der Waals surface area contributed by atoms with Gasteiger partial charge in [-0.05, 0) is 0 Å². The van der Waals surface area contributed by atoms with Gasteiger partial charge in [0.05, 0.1) is 0 Å². The van der Waals surface area contributed by atoms with Crippen LogP contribution in [0.1, 0.15) is 225 Å². The van der Waals surface area contributed by atoms with Crippen molar-refractivity contribution in [1.29, 1.82) is 0 Å². The van der Waals surface area contributed by atoms with Gasteiger partial charge in [-0.2, -0.15) is 0 Å². The van der Waals surface area contributed by atoms with Gasteiger partial charge in [-0.15, -0.1) is 0 Å². The Bertz CT molecular complexity index is 1800. The molecule has 0 saturated carbocycles. The van der Waals surface area contributed by atoms with Crippen LogP contribution >= 0.6 is 6.83 Å². The minimum absolute atomic E-state index is 0.367. The molecule has 0 aliphatic rings. The maximum atomic E-state index is 15.5. The van der Waals surface area contributed by atoms with Crippen LogP contribution in [-0.4, -0.2) is 14.6 Å². The van der Waals surface area contributed by atoms with Gasteiger partial charge in [-0.1, -0.05) is 123 Å². The van der Waals surface area contributed by atoms with E-state index in [0.29, 0.717) is 11.1 Å². The van der Waals surface area contributed by atoms with Crippen LogP contribution in [0.25, 0.3) is 0 Å². The summed E-state index contributed by atoms with van der Waals surface area (Å²) >= 11 is 0. The predicted molar refractivity (Wildman–Crippen MR) is 288 cm³/mol. The second-order valence-electron chi connectivity index (χ2n) is 19.4. The maximum absolute atomic E-state index is 15.5. The van der Waals surface area contributed by atoms with Crippen molar-refractivity contribution in [3.05, 3.63) is 120 Å². The second-order valence-corrected chi connectivity index (χ2v) is 25.9. The van der Waals surface area contributed by atoms with Gasteiger partial charge in [0.15, 0.2) is 0 Å². The van der Waals surface area contributed by atoms with E-state index in [1.165, 1.54) is 179 Å². The number of hydrogen-bond donors (Lipinski definition) is 0. The molecule has 0 N–H and O–H groups in total. The van der Waals surface area contributed by atoms with E-state index in [1.54, 1.807) is 0 Å². The third-order valence-corrected chi connectivity index (χ3v) is 22.8. The van der Waals surface area contributed by atoms with Gasteiger partial charge in [0, 0.05) is 0 Å². The van der Waals surface area contributed by atoms with Crippen molar-refractivity contribution in [2.45, 2.75) is 231 Å². The SMILES string of the molecule is CCCCCCCCCCCCCCCCCc1cccc(S(=O)(=O)OP(CC)(c2ccccc2)(c2ccccc2)c2ccccc2)c1CCCCCCCCCCCCCCCCC. The molecule has 65 heavy (non-hydrogen) atoms. The van der Waals surface area contributed by atoms with Gasteiger partial charge >= 0.3 is 280 Å². The molecule has 0 saturated heterocycles. The molecule has 0 bridgehead atoms. The van der Waals surface area contributed by atoms with E-state index in [9.17, 15) is 0 Å². The zero-order valence-electron chi connectivity index (χ0n) is 41.8. The first-order valence-corrected chi connectivity index (χ1v) is 30.9. The Morgan fingerprint density at radius 2 is 0.662 bits per heavy atom. The Morgan fingerprint density at radius 3 is 0.985 bits per heavy atom. The van der Waals surface area contributed by atoms with Crippen LogP contribution in [0.3, 0.4) is 0 Å². The van der Waals surface area contributed by atoms with Crippen LogP contribution in [0.5, 0.6) is 0 Å². The number of benzene rings is 4. The summed E-state index contributed by atoms with van der Waals surface area (Å²) < 4.78 is 38.2. The van der Waals surface area contributed by atoms with E-state index in [0.717, 1.165) is 53.6 Å². The zero-order chi connectivity index (χ0) is 46.2. The Kier molecular flexibility index (Phi) is 27.0. The van der Waals surface area contributed by atoms with Crippen LogP contribution in [0.4, 0.5) is 0 Å². The Morgan fingerprint density at radius 1 is 0.354 bits per heavy atom. The Balaban J connectivity index is 1.45. The average molecular weight is 925 g/mol. The summed E-state index contributed by atoms with van der Waals surface area (Å²) in [5.41, 5.74) is 2.17. The number of unbranched alkanes of at least 4 members (excludes halogenated alkanes) is 28. The first-order valence-electron chi connectivity index (χ1n) is 27.2. The second kappa shape index (κ2) is 32.1. The molecule has 5 heteroatoms. The van der Waals surface area contributed by atoms with E-state index in [2.05, 4.69) is 63.2 Å². The van der Waals surface area contributed by atoms with Crippen molar-refractivity contribution < 1.29 is 12.4 Å². The summed E-state index contributed by atoms with van der Waals surface area (Å²) in [4.78, 5) is 0.367. The van der Waals surface area contributed by atoms with E-state index in [-0.39, 0.29) is 0 Å². The molecule has 3 nitrogen and oxygen atoms in total. The fraction of sp³-hybridized carbons (Fsp3) is 0.600. The van der Waals surface area contributed by atoms with Crippen molar-refractivity contribution in [3.8, 4) is 0 Å². The molecule has 0 unspecified atom stereocenters. The molecule has 0 spiro atoms. The van der Waals surface area contributed by atoms with Crippen LogP contribution in [0.2, 0.25) is 0 Å². The molecule has 0 heterocycles. The van der Waals surface area contributed by atoms with Crippen molar-refractivity contribution in [1.82, 2.24) is 0 Å². The fourth-order valence-electron chi connectivity index (χ4n) is 10.4. The minimum atomic E-state index is -4.26. The van der Waals surface area contributed by atoms with Crippen molar-refractivity contribution in [2.75, 3.05) is 6.16 Å². The number of hydrogen-bond acceptors (Lipinski definition) is 3. The summed E-state index contributed by atoms with van der Waals surface area (Å²) in [5, 5.41) is 2.79. The molecule has 0 fully saturated rings. The molecule has 0 aliphatic heterocycles. The summed E-state index contributed by atoms with van der Waals surface area (Å²) in [7, 11) is -4.26. The van der Waals surface area contributed by atoms with Crippen LogP contribution in [0, 0.1) is 0 Å². The first kappa shape index (κ1) is 54.8. The molecule has 4 rings (SSSR count). The summed E-state index contributed by atoms with van der Waals surface area (Å²) in [6.45, 7) is 2.63. The topological polar surface area (TPSA) is 43.4 Å². The molecular weight excluding hydrogens is 832 g/mol. The minimum Gasteiger partial charge on any atom is -0.0654 e. The quantitative estimate of drug-likeness (QED) is 0.0331. The average Bonchev–Trinajstić information content (AvgIpc) is 3.34. The van der Waals surface area contributed by atoms with Gasteiger partial charge < -0.3 is 0 Å². The summed E-state index contributed by atoms with van der Waals surface area (Å²) in [5.74, 6) is 0. The molecule has 0 atom stereocenters. The molecule has 0 aromatic heterocycles. The van der Waals surface area contributed by atoms with Gasteiger partial charge in [0.1, 0.15) is 0 Å². The predicted octanol–water partition coefficient (Wildman–Crippen LogP) is 17.7. The zero-order valence-corrected chi connectivity index (χ0v) is 43.5. The molecule has 362 valence electrons. The molecule has 0 aliphatic carbocycles. The van der Waals surface area contributed by atoms with Crippen molar-refractivity contribution in [3.63, 3.8) is 0 Å². The normalized spacial score (nSPS) is 12.6. The van der Waals surface area contributed by atoms with Crippen LogP contribution in [0.15, 0.2) is 114 Å². The molecule has 0 amide bonds. The third-order valence-electron chi connectivity index (χ3n) is 14.4. The van der Waals surface area contributed by atoms with E-state index < -0.39 is 16.9 Å². The Hall–Kier alpha value is -2.78. The van der Waals surface area contributed by atoms with Gasteiger partial charge in [0.2, 0.25) is 0 Å². The molecular formula is C60H93O3PS.